The number of aryl methyl sites for hydroxylation is 1. The van der Waals surface area contributed by atoms with E-state index in [0.717, 1.165) is 21.3 Å². The summed E-state index contributed by atoms with van der Waals surface area (Å²) in [6, 6.07) is 21.3. The summed E-state index contributed by atoms with van der Waals surface area (Å²) in [5, 5.41) is 0. The maximum Gasteiger partial charge on any atom is 0.270 e. The minimum atomic E-state index is -0.138. The van der Waals surface area contributed by atoms with Gasteiger partial charge in [-0.25, -0.2) is 0 Å². The molecule has 3 aromatic rings. The fraction of sp³-hybridized carbons (Fsp3) is 0.120. The molecule has 1 aliphatic heterocycles. The van der Waals surface area contributed by atoms with Crippen molar-refractivity contribution in [3.8, 4) is 11.5 Å². The summed E-state index contributed by atoms with van der Waals surface area (Å²) in [5.74, 6) is 1.11. The lowest BCUT2D eigenvalue weighted by Crippen LogP contribution is -2.27. The van der Waals surface area contributed by atoms with Gasteiger partial charge in [-0.15, -0.1) is 0 Å². The summed E-state index contributed by atoms with van der Waals surface area (Å²) < 4.78 is 12.9. The Morgan fingerprint density at radius 3 is 2.44 bits per heavy atom. The highest BCUT2D eigenvalue weighted by Gasteiger charge is 2.33. The van der Waals surface area contributed by atoms with Crippen LogP contribution in [0.2, 0.25) is 0 Å². The molecule has 0 spiro atoms. The summed E-state index contributed by atoms with van der Waals surface area (Å²) in [5.41, 5.74) is 3.87. The molecule has 1 saturated heterocycles. The van der Waals surface area contributed by atoms with Crippen molar-refractivity contribution >= 4 is 61.9 Å². The summed E-state index contributed by atoms with van der Waals surface area (Å²) in [7, 11) is 1.60. The molecule has 32 heavy (non-hydrogen) atoms. The van der Waals surface area contributed by atoms with Gasteiger partial charge >= 0.3 is 0 Å². The van der Waals surface area contributed by atoms with Gasteiger partial charge < -0.3 is 9.47 Å². The second-order valence-electron chi connectivity index (χ2n) is 7.18. The van der Waals surface area contributed by atoms with Crippen LogP contribution in [0.1, 0.15) is 16.7 Å². The standard InChI is InChI=1S/C25H20BrNO3S2/c1-16-3-5-17(6-4-16)15-30-21-12-7-18(13-22(21)29-2)14-23-24(28)27(25(31)32-23)20-10-8-19(26)9-11-20/h3-14H,15H2,1-2H3/b23-14-. The Balaban J connectivity index is 1.52. The number of hydrogen-bond donors (Lipinski definition) is 0. The van der Waals surface area contributed by atoms with Gasteiger partial charge in [-0.1, -0.05) is 75.8 Å². The zero-order valence-corrected chi connectivity index (χ0v) is 20.7. The molecule has 0 saturated carbocycles. The fourth-order valence-electron chi connectivity index (χ4n) is 3.17. The van der Waals surface area contributed by atoms with Crippen LogP contribution in [0.4, 0.5) is 5.69 Å². The van der Waals surface area contributed by atoms with Crippen molar-refractivity contribution in [1.82, 2.24) is 0 Å². The van der Waals surface area contributed by atoms with E-state index in [4.69, 9.17) is 21.7 Å². The molecular weight excluding hydrogens is 506 g/mol. The number of halogens is 1. The highest BCUT2D eigenvalue weighted by molar-refractivity contribution is 9.10. The first-order valence-corrected chi connectivity index (χ1v) is 11.9. The van der Waals surface area contributed by atoms with Crippen molar-refractivity contribution < 1.29 is 14.3 Å². The monoisotopic (exact) mass is 525 g/mol. The Morgan fingerprint density at radius 1 is 1.03 bits per heavy atom. The highest BCUT2D eigenvalue weighted by Crippen LogP contribution is 2.37. The molecule has 0 unspecified atom stereocenters. The Morgan fingerprint density at radius 2 is 1.75 bits per heavy atom. The molecule has 0 aromatic heterocycles. The summed E-state index contributed by atoms with van der Waals surface area (Å²) in [4.78, 5) is 15.1. The quantitative estimate of drug-likeness (QED) is 0.263. The number of amides is 1. The van der Waals surface area contributed by atoms with Crippen LogP contribution in [0.25, 0.3) is 6.08 Å². The molecule has 1 aliphatic rings. The van der Waals surface area contributed by atoms with Crippen LogP contribution in [-0.2, 0) is 11.4 Å². The van der Waals surface area contributed by atoms with Crippen LogP contribution < -0.4 is 14.4 Å². The summed E-state index contributed by atoms with van der Waals surface area (Å²) in [6.45, 7) is 2.50. The van der Waals surface area contributed by atoms with Crippen molar-refractivity contribution in [2.75, 3.05) is 12.0 Å². The van der Waals surface area contributed by atoms with E-state index < -0.39 is 0 Å². The number of ether oxygens (including phenoxy) is 2. The molecule has 162 valence electrons. The van der Waals surface area contributed by atoms with Crippen LogP contribution in [-0.4, -0.2) is 17.3 Å². The largest absolute Gasteiger partial charge is 0.493 e. The van der Waals surface area contributed by atoms with E-state index in [2.05, 4.69) is 35.0 Å². The molecule has 1 amide bonds. The van der Waals surface area contributed by atoms with Crippen molar-refractivity contribution in [3.63, 3.8) is 0 Å². The number of thioether (sulfide) groups is 1. The smallest absolute Gasteiger partial charge is 0.270 e. The first-order valence-electron chi connectivity index (χ1n) is 9.84. The molecule has 0 aliphatic carbocycles. The van der Waals surface area contributed by atoms with Gasteiger partial charge in [0.05, 0.1) is 17.7 Å². The average molecular weight is 526 g/mol. The second-order valence-corrected chi connectivity index (χ2v) is 9.77. The molecule has 1 heterocycles. The summed E-state index contributed by atoms with van der Waals surface area (Å²) in [6.07, 6.45) is 1.82. The lowest BCUT2D eigenvalue weighted by molar-refractivity contribution is -0.113. The van der Waals surface area contributed by atoms with Gasteiger partial charge in [0, 0.05) is 4.47 Å². The third-order valence-corrected chi connectivity index (χ3v) is 6.71. The van der Waals surface area contributed by atoms with Crippen molar-refractivity contribution in [2.45, 2.75) is 13.5 Å². The van der Waals surface area contributed by atoms with Crippen LogP contribution in [0.5, 0.6) is 11.5 Å². The Bertz CT molecular complexity index is 1190. The summed E-state index contributed by atoms with van der Waals surface area (Å²) >= 11 is 10.2. The third kappa shape index (κ3) is 5.06. The Labute approximate surface area is 205 Å². The number of rotatable bonds is 6. The lowest BCUT2D eigenvalue weighted by Gasteiger charge is -2.14. The predicted molar refractivity (Wildman–Crippen MR) is 138 cm³/mol. The normalized spacial score (nSPS) is 14.8. The predicted octanol–water partition coefficient (Wildman–Crippen LogP) is 6.75. The topological polar surface area (TPSA) is 38.8 Å². The maximum atomic E-state index is 13.0. The number of benzene rings is 3. The molecule has 1 fully saturated rings. The van der Waals surface area contributed by atoms with Gasteiger partial charge in [-0.2, -0.15) is 0 Å². The van der Waals surface area contributed by atoms with Crippen LogP contribution in [0.3, 0.4) is 0 Å². The van der Waals surface area contributed by atoms with Gasteiger partial charge in [0.15, 0.2) is 15.8 Å². The molecule has 7 heteroatoms. The van der Waals surface area contributed by atoms with E-state index in [1.807, 2.05) is 60.7 Å². The minimum Gasteiger partial charge on any atom is -0.493 e. The van der Waals surface area contributed by atoms with Crippen molar-refractivity contribution in [2.24, 2.45) is 0 Å². The first-order chi connectivity index (χ1) is 15.4. The van der Waals surface area contributed by atoms with Gasteiger partial charge in [0.25, 0.3) is 5.91 Å². The van der Waals surface area contributed by atoms with Gasteiger partial charge in [-0.05, 0) is 60.5 Å². The molecule has 4 nitrogen and oxygen atoms in total. The van der Waals surface area contributed by atoms with E-state index in [0.29, 0.717) is 27.3 Å². The Kier molecular flexibility index (Phi) is 6.98. The van der Waals surface area contributed by atoms with Crippen molar-refractivity contribution in [3.05, 3.63) is 92.8 Å². The maximum absolute atomic E-state index is 13.0. The first kappa shape index (κ1) is 22.6. The number of hydrogen-bond acceptors (Lipinski definition) is 5. The molecule has 0 radical (unpaired) electrons. The van der Waals surface area contributed by atoms with Crippen LogP contribution in [0.15, 0.2) is 76.1 Å². The molecular formula is C25H20BrNO3S2. The van der Waals surface area contributed by atoms with Gasteiger partial charge in [0.2, 0.25) is 0 Å². The number of nitrogens with zero attached hydrogens (tertiary/aromatic N) is 1. The molecule has 0 atom stereocenters. The molecule has 4 rings (SSSR count). The molecule has 3 aromatic carbocycles. The van der Waals surface area contributed by atoms with Crippen LogP contribution >= 0.6 is 39.9 Å². The van der Waals surface area contributed by atoms with Crippen LogP contribution in [0, 0.1) is 6.92 Å². The molecule has 0 bridgehead atoms. The lowest BCUT2D eigenvalue weighted by atomic mass is 10.1. The van der Waals surface area contributed by atoms with E-state index in [1.54, 1.807) is 12.0 Å². The number of methoxy groups -OCH3 is 1. The van der Waals surface area contributed by atoms with E-state index in [1.165, 1.54) is 17.3 Å². The van der Waals surface area contributed by atoms with Gasteiger partial charge in [-0.3, -0.25) is 9.69 Å². The average Bonchev–Trinajstić information content (AvgIpc) is 3.07. The second kappa shape index (κ2) is 9.90. The number of carbonyl (C=O) groups excluding carboxylic acids is 1. The highest BCUT2D eigenvalue weighted by atomic mass is 79.9. The number of carbonyl (C=O) groups is 1. The minimum absolute atomic E-state index is 0.138. The number of anilines is 1. The fourth-order valence-corrected chi connectivity index (χ4v) is 4.73. The SMILES string of the molecule is COc1cc(/C=C2\SC(=S)N(c3ccc(Br)cc3)C2=O)ccc1OCc1ccc(C)cc1. The van der Waals surface area contributed by atoms with E-state index in [-0.39, 0.29) is 5.91 Å². The Hall–Kier alpha value is -2.61. The number of thiocarbonyl (C=S) groups is 1. The van der Waals surface area contributed by atoms with Gasteiger partial charge in [0.1, 0.15) is 6.61 Å². The zero-order valence-electron chi connectivity index (χ0n) is 17.5. The molecule has 0 N–H and O–H groups in total. The van der Waals surface area contributed by atoms with E-state index >= 15 is 0 Å². The third-order valence-electron chi connectivity index (χ3n) is 4.88. The zero-order chi connectivity index (χ0) is 22.7. The van der Waals surface area contributed by atoms with E-state index in [9.17, 15) is 4.79 Å². The van der Waals surface area contributed by atoms with Crippen molar-refractivity contribution in [1.29, 1.82) is 0 Å².